The molecule has 0 radical (unpaired) electrons. The molecule has 0 aromatic heterocycles. The molecule has 0 fully saturated rings. The van der Waals surface area contributed by atoms with Crippen molar-refractivity contribution in [3.63, 3.8) is 0 Å². The number of sulfone groups is 1. The van der Waals surface area contributed by atoms with Crippen molar-refractivity contribution in [2.75, 3.05) is 12.0 Å². The molecule has 3 aromatic carbocycles. The Hall–Kier alpha value is -3.24. The number of halogens is 3. The smallest absolute Gasteiger partial charge is 0.330 e. The lowest BCUT2D eigenvalue weighted by Crippen LogP contribution is -2.47. The lowest BCUT2D eigenvalue weighted by molar-refractivity contribution is -0.152. The number of esters is 1. The molecule has 0 spiro atoms. The molecule has 2 amide bonds. The van der Waals surface area contributed by atoms with Crippen molar-refractivity contribution in [2.45, 2.75) is 18.6 Å². The van der Waals surface area contributed by atoms with Crippen molar-refractivity contribution < 1.29 is 32.3 Å². The molecular formula is C27H20Cl3NO7S. The number of imide groups is 1. The van der Waals surface area contributed by atoms with E-state index in [1.165, 1.54) is 48.5 Å². The van der Waals surface area contributed by atoms with Gasteiger partial charge in [0.2, 0.25) is 5.78 Å². The first-order valence-electron chi connectivity index (χ1n) is 11.5. The Bertz CT molecular complexity index is 1530. The Labute approximate surface area is 239 Å². The number of nitrogens with zero attached hydrogens (tertiary/aromatic N) is 1. The van der Waals surface area contributed by atoms with Crippen LogP contribution >= 0.6 is 34.8 Å². The number of Topliss-reactive ketones (excluding diaryl/α,β-unsaturated/α-hetero) is 1. The van der Waals surface area contributed by atoms with Crippen molar-refractivity contribution in [1.29, 1.82) is 0 Å². The molecular weight excluding hydrogens is 589 g/mol. The van der Waals surface area contributed by atoms with Gasteiger partial charge in [0.1, 0.15) is 15.9 Å². The van der Waals surface area contributed by atoms with Gasteiger partial charge in [0.05, 0.1) is 26.9 Å². The number of hydrogen-bond donors (Lipinski definition) is 0. The van der Waals surface area contributed by atoms with Crippen LogP contribution in [0, 0.1) is 0 Å². The summed E-state index contributed by atoms with van der Waals surface area (Å²) in [5.74, 6) is -4.01. The molecule has 1 heterocycles. The fraction of sp³-hybridized carbons (Fsp3) is 0.185. The quantitative estimate of drug-likeness (QED) is 0.186. The number of amides is 2. The van der Waals surface area contributed by atoms with Crippen LogP contribution in [0.25, 0.3) is 0 Å². The Morgan fingerprint density at radius 1 is 0.872 bits per heavy atom. The standard InChI is InChI=1S/C27H20Cl3NO7S/c1-39(36,37)12-11-22(31-25(33)18-13-20(29)21(30)14-19(18)26(31)34)27(35)38-24(16-7-9-17(28)10-8-16)23(32)15-5-3-2-4-6-15/h2-10,13-14,22,24H,11-12H2,1H3/t22-,24+/m0/s1. The number of carbonyl (C=O) groups is 4. The highest BCUT2D eigenvalue weighted by Gasteiger charge is 2.45. The third kappa shape index (κ3) is 6.33. The van der Waals surface area contributed by atoms with E-state index in [0.717, 1.165) is 6.26 Å². The van der Waals surface area contributed by atoms with Gasteiger partial charge in [-0.2, -0.15) is 0 Å². The van der Waals surface area contributed by atoms with Gasteiger partial charge in [0.25, 0.3) is 11.8 Å². The van der Waals surface area contributed by atoms with E-state index in [4.69, 9.17) is 39.5 Å². The largest absolute Gasteiger partial charge is 0.447 e. The van der Waals surface area contributed by atoms with E-state index < -0.39 is 57.7 Å². The van der Waals surface area contributed by atoms with Crippen molar-refractivity contribution in [2.24, 2.45) is 0 Å². The maximum Gasteiger partial charge on any atom is 0.330 e. The van der Waals surface area contributed by atoms with E-state index in [0.29, 0.717) is 9.92 Å². The van der Waals surface area contributed by atoms with Gasteiger partial charge in [-0.25, -0.2) is 13.2 Å². The van der Waals surface area contributed by atoms with E-state index in [9.17, 15) is 27.6 Å². The molecule has 0 bridgehead atoms. The summed E-state index contributed by atoms with van der Waals surface area (Å²) in [4.78, 5) is 54.2. The van der Waals surface area contributed by atoms with Crippen LogP contribution in [-0.4, -0.2) is 54.9 Å². The van der Waals surface area contributed by atoms with Gasteiger partial charge in [-0.3, -0.25) is 19.3 Å². The van der Waals surface area contributed by atoms with Gasteiger partial charge in [-0.15, -0.1) is 0 Å². The molecule has 39 heavy (non-hydrogen) atoms. The summed E-state index contributed by atoms with van der Waals surface area (Å²) in [5, 5.41) is 0.417. The monoisotopic (exact) mass is 607 g/mol. The summed E-state index contributed by atoms with van der Waals surface area (Å²) in [6, 6.07) is 14.8. The molecule has 0 saturated carbocycles. The Balaban J connectivity index is 1.73. The second kappa shape index (κ2) is 11.5. The lowest BCUT2D eigenvalue weighted by atomic mass is 9.99. The van der Waals surface area contributed by atoms with Crippen molar-refractivity contribution in [1.82, 2.24) is 4.90 Å². The number of fused-ring (bicyclic) bond motifs is 1. The second-order valence-corrected chi connectivity index (χ2v) is 12.3. The van der Waals surface area contributed by atoms with Crippen LogP contribution in [0.5, 0.6) is 0 Å². The molecule has 202 valence electrons. The summed E-state index contributed by atoms with van der Waals surface area (Å²) >= 11 is 18.0. The van der Waals surface area contributed by atoms with Gasteiger partial charge in [0, 0.05) is 22.4 Å². The number of ether oxygens (including phenoxy) is 1. The van der Waals surface area contributed by atoms with Gasteiger partial charge < -0.3 is 4.74 Å². The number of rotatable bonds is 9. The zero-order chi connectivity index (χ0) is 28.5. The van der Waals surface area contributed by atoms with Crippen LogP contribution < -0.4 is 0 Å². The normalized spacial score (nSPS) is 14.6. The first-order chi connectivity index (χ1) is 18.4. The molecule has 12 heteroatoms. The summed E-state index contributed by atoms with van der Waals surface area (Å²) in [6.45, 7) is 0. The fourth-order valence-corrected chi connectivity index (χ4v) is 5.18. The topological polar surface area (TPSA) is 115 Å². The third-order valence-electron chi connectivity index (χ3n) is 6.01. The van der Waals surface area contributed by atoms with Gasteiger partial charge in [-0.1, -0.05) is 77.3 Å². The van der Waals surface area contributed by atoms with Crippen molar-refractivity contribution in [3.05, 3.63) is 104 Å². The van der Waals surface area contributed by atoms with Crippen LogP contribution in [0.4, 0.5) is 0 Å². The first-order valence-corrected chi connectivity index (χ1v) is 14.7. The molecule has 4 rings (SSSR count). The van der Waals surface area contributed by atoms with E-state index >= 15 is 0 Å². The summed E-state index contributed by atoms with van der Waals surface area (Å²) in [6.07, 6.45) is -0.985. The highest BCUT2D eigenvalue weighted by atomic mass is 35.5. The minimum absolute atomic E-state index is 0.0185. The van der Waals surface area contributed by atoms with E-state index in [1.54, 1.807) is 18.2 Å². The predicted octanol–water partition coefficient (Wildman–Crippen LogP) is 5.21. The van der Waals surface area contributed by atoms with E-state index in [1.807, 2.05) is 0 Å². The highest BCUT2D eigenvalue weighted by Crippen LogP contribution is 2.34. The molecule has 0 N–H and O–H groups in total. The first kappa shape index (κ1) is 28.8. The number of ketones is 1. The van der Waals surface area contributed by atoms with Crippen LogP contribution in [0.3, 0.4) is 0 Å². The average Bonchev–Trinajstić information content (AvgIpc) is 3.12. The summed E-state index contributed by atoms with van der Waals surface area (Å²) < 4.78 is 29.6. The molecule has 2 atom stereocenters. The molecule has 3 aromatic rings. The Kier molecular flexibility index (Phi) is 8.46. The van der Waals surface area contributed by atoms with Crippen LogP contribution in [0.2, 0.25) is 15.1 Å². The molecule has 8 nitrogen and oxygen atoms in total. The van der Waals surface area contributed by atoms with Gasteiger partial charge >= 0.3 is 5.97 Å². The van der Waals surface area contributed by atoms with E-state index in [2.05, 4.69) is 0 Å². The minimum atomic E-state index is -3.62. The highest BCUT2D eigenvalue weighted by molar-refractivity contribution is 7.90. The minimum Gasteiger partial charge on any atom is -0.447 e. The van der Waals surface area contributed by atoms with Gasteiger partial charge in [0.15, 0.2) is 6.10 Å². The number of hydrogen-bond acceptors (Lipinski definition) is 7. The molecule has 0 saturated heterocycles. The predicted molar refractivity (Wildman–Crippen MR) is 146 cm³/mol. The molecule has 0 aliphatic carbocycles. The Morgan fingerprint density at radius 2 is 1.41 bits per heavy atom. The summed E-state index contributed by atoms with van der Waals surface area (Å²) in [5.41, 5.74) is 0.328. The number of carbonyl (C=O) groups excluding carboxylic acids is 4. The maximum absolute atomic E-state index is 13.6. The fourth-order valence-electron chi connectivity index (χ4n) is 4.07. The molecule has 1 aliphatic rings. The maximum atomic E-state index is 13.6. The SMILES string of the molecule is CS(=O)(=O)CC[C@@H](C(=O)O[C@@H](C(=O)c1ccccc1)c1ccc(Cl)cc1)N1C(=O)c2cc(Cl)c(Cl)cc2C1=O. The van der Waals surface area contributed by atoms with Crippen LogP contribution in [0.1, 0.15) is 49.2 Å². The molecule has 1 aliphatic heterocycles. The lowest BCUT2D eigenvalue weighted by Gasteiger charge is -2.27. The number of benzene rings is 3. The van der Waals surface area contributed by atoms with Crippen molar-refractivity contribution in [3.8, 4) is 0 Å². The van der Waals surface area contributed by atoms with E-state index in [-0.39, 0.29) is 32.3 Å². The van der Waals surface area contributed by atoms with Crippen LogP contribution in [0.15, 0.2) is 66.7 Å². The zero-order valence-corrected chi connectivity index (χ0v) is 23.4. The Morgan fingerprint density at radius 3 is 1.92 bits per heavy atom. The second-order valence-electron chi connectivity index (χ2n) is 8.83. The third-order valence-corrected chi connectivity index (χ3v) is 7.96. The van der Waals surface area contributed by atoms with Crippen molar-refractivity contribution >= 4 is 68.2 Å². The molecule has 0 unspecified atom stereocenters. The summed E-state index contributed by atoms with van der Waals surface area (Å²) in [7, 11) is -3.62. The van der Waals surface area contributed by atoms with Crippen LogP contribution in [-0.2, 0) is 19.4 Å². The van der Waals surface area contributed by atoms with Gasteiger partial charge in [-0.05, 0) is 30.7 Å². The zero-order valence-electron chi connectivity index (χ0n) is 20.3. The average molecular weight is 609 g/mol.